The van der Waals surface area contributed by atoms with Gasteiger partial charge in [-0.15, -0.1) is 36.2 Å². The highest BCUT2D eigenvalue weighted by molar-refractivity contribution is 7.18. The van der Waals surface area contributed by atoms with E-state index in [0.717, 1.165) is 29.7 Å². The summed E-state index contributed by atoms with van der Waals surface area (Å²) in [5.41, 5.74) is 7.21. The quantitative estimate of drug-likeness (QED) is 0.771. The molecule has 0 aliphatic carbocycles. The first kappa shape index (κ1) is 13.4. The fourth-order valence-electron chi connectivity index (χ4n) is 1.88. The van der Waals surface area contributed by atoms with Crippen molar-refractivity contribution in [2.45, 2.75) is 13.0 Å². The normalized spacial score (nSPS) is 13.8. The molecule has 3 N–H and O–H groups in total. The maximum atomic E-state index is 5.86. The fraction of sp³-hybridized carbons (Fsp3) is 0.333. The minimum absolute atomic E-state index is 0. The predicted octanol–water partition coefficient (Wildman–Crippen LogP) is 1.76. The summed E-state index contributed by atoms with van der Waals surface area (Å²) in [6.07, 6.45) is 2.57. The molecule has 4 nitrogen and oxygen atoms in total. The maximum absolute atomic E-state index is 5.86. The van der Waals surface area contributed by atoms with Crippen molar-refractivity contribution in [1.82, 2.24) is 15.3 Å². The van der Waals surface area contributed by atoms with Crippen LogP contribution in [-0.4, -0.2) is 16.5 Å². The summed E-state index contributed by atoms with van der Waals surface area (Å²) in [7, 11) is 0. The zero-order chi connectivity index (χ0) is 9.54. The zero-order valence-corrected chi connectivity index (χ0v) is 10.8. The number of thiophene rings is 1. The van der Waals surface area contributed by atoms with E-state index in [1.807, 2.05) is 0 Å². The Morgan fingerprint density at radius 2 is 2.12 bits per heavy atom. The third-order valence-corrected chi connectivity index (χ3v) is 3.68. The van der Waals surface area contributed by atoms with Gasteiger partial charge in [0.2, 0.25) is 0 Å². The molecule has 2 aromatic heterocycles. The molecule has 2 aromatic rings. The largest absolute Gasteiger partial charge is 0.383 e. The predicted molar refractivity (Wildman–Crippen MR) is 71.7 cm³/mol. The molecular weight excluding hydrogens is 267 g/mol. The number of nitrogens with one attached hydrogen (secondary N) is 1. The summed E-state index contributed by atoms with van der Waals surface area (Å²) in [5, 5.41) is 4.42. The summed E-state index contributed by atoms with van der Waals surface area (Å²) >= 11 is 1.72. The SMILES string of the molecule is Cl.Cl.Nc1ncnc2sc3c(c12)CCNC3. The molecule has 0 atom stereocenters. The van der Waals surface area contributed by atoms with Crippen LogP contribution >= 0.6 is 36.2 Å². The number of aromatic nitrogens is 2. The first-order valence-electron chi connectivity index (χ1n) is 4.57. The van der Waals surface area contributed by atoms with Crippen LogP contribution < -0.4 is 11.1 Å². The van der Waals surface area contributed by atoms with Gasteiger partial charge in [0.1, 0.15) is 17.0 Å². The van der Waals surface area contributed by atoms with Crippen molar-refractivity contribution < 1.29 is 0 Å². The Morgan fingerprint density at radius 3 is 2.94 bits per heavy atom. The van der Waals surface area contributed by atoms with Crippen LogP contribution in [0.15, 0.2) is 6.33 Å². The number of fused-ring (bicyclic) bond motifs is 3. The number of nitrogens with zero attached hydrogens (tertiary/aromatic N) is 2. The molecule has 0 saturated heterocycles. The van der Waals surface area contributed by atoms with Crippen molar-refractivity contribution >= 4 is 52.2 Å². The molecule has 1 aliphatic heterocycles. The number of hydrogen-bond donors (Lipinski definition) is 2. The smallest absolute Gasteiger partial charge is 0.135 e. The van der Waals surface area contributed by atoms with Crippen LogP contribution in [0, 0.1) is 0 Å². The number of anilines is 1. The van der Waals surface area contributed by atoms with Crippen molar-refractivity contribution in [2.24, 2.45) is 0 Å². The van der Waals surface area contributed by atoms with E-state index in [-0.39, 0.29) is 24.8 Å². The molecule has 0 amide bonds. The van der Waals surface area contributed by atoms with E-state index in [0.29, 0.717) is 5.82 Å². The van der Waals surface area contributed by atoms with Gasteiger partial charge in [0.15, 0.2) is 0 Å². The first-order valence-corrected chi connectivity index (χ1v) is 5.39. The molecule has 3 rings (SSSR count). The lowest BCUT2D eigenvalue weighted by Gasteiger charge is -2.12. The molecule has 0 saturated carbocycles. The number of halogens is 2. The van der Waals surface area contributed by atoms with Gasteiger partial charge >= 0.3 is 0 Å². The summed E-state index contributed by atoms with van der Waals surface area (Å²) in [6.45, 7) is 1.96. The van der Waals surface area contributed by atoms with Crippen LogP contribution in [0.4, 0.5) is 5.82 Å². The molecule has 0 fully saturated rings. The van der Waals surface area contributed by atoms with Gasteiger partial charge in [-0.1, -0.05) is 0 Å². The Morgan fingerprint density at radius 1 is 1.31 bits per heavy atom. The van der Waals surface area contributed by atoms with Gasteiger partial charge in [-0.3, -0.25) is 0 Å². The van der Waals surface area contributed by atoms with Gasteiger partial charge in [0.05, 0.1) is 5.39 Å². The molecule has 16 heavy (non-hydrogen) atoms. The molecule has 3 heterocycles. The van der Waals surface area contributed by atoms with E-state index in [9.17, 15) is 0 Å². The average molecular weight is 279 g/mol. The Labute approximate surface area is 109 Å². The van der Waals surface area contributed by atoms with Gasteiger partial charge in [-0.05, 0) is 18.5 Å². The number of hydrogen-bond acceptors (Lipinski definition) is 5. The Kier molecular flexibility index (Phi) is 4.32. The summed E-state index contributed by atoms with van der Waals surface area (Å²) < 4.78 is 0. The molecule has 7 heteroatoms. The van der Waals surface area contributed by atoms with Crippen molar-refractivity contribution in [1.29, 1.82) is 0 Å². The number of nitrogen functional groups attached to an aromatic ring is 1. The number of nitrogens with two attached hydrogens (primary N) is 1. The third kappa shape index (κ3) is 1.96. The van der Waals surface area contributed by atoms with Gasteiger partial charge in [-0.25, -0.2) is 9.97 Å². The standard InChI is InChI=1S/C9H10N4S.2ClH/c10-8-7-5-1-2-11-3-6(5)14-9(7)13-4-12-8;;/h4,11H,1-3H2,(H2,10,12,13);2*1H. The van der Waals surface area contributed by atoms with Crippen LogP contribution in [0.3, 0.4) is 0 Å². The third-order valence-electron chi connectivity index (χ3n) is 2.54. The molecule has 0 unspecified atom stereocenters. The van der Waals surface area contributed by atoms with E-state index in [4.69, 9.17) is 5.73 Å². The van der Waals surface area contributed by atoms with E-state index in [2.05, 4.69) is 15.3 Å². The van der Waals surface area contributed by atoms with Crippen molar-refractivity contribution in [2.75, 3.05) is 12.3 Å². The second-order valence-corrected chi connectivity index (χ2v) is 4.45. The second kappa shape index (κ2) is 5.14. The van der Waals surface area contributed by atoms with Gasteiger partial charge in [0.25, 0.3) is 0 Å². The lowest BCUT2D eigenvalue weighted by Crippen LogP contribution is -2.22. The van der Waals surface area contributed by atoms with E-state index < -0.39 is 0 Å². The molecule has 0 bridgehead atoms. The van der Waals surface area contributed by atoms with Crippen LogP contribution in [-0.2, 0) is 13.0 Å². The molecule has 1 aliphatic rings. The number of rotatable bonds is 0. The lowest BCUT2D eigenvalue weighted by atomic mass is 10.1. The van der Waals surface area contributed by atoms with Gasteiger partial charge < -0.3 is 11.1 Å². The molecule has 0 aromatic carbocycles. The monoisotopic (exact) mass is 278 g/mol. The van der Waals surface area contributed by atoms with Gasteiger partial charge in [-0.2, -0.15) is 0 Å². The van der Waals surface area contributed by atoms with Crippen molar-refractivity contribution in [3.05, 3.63) is 16.8 Å². The lowest BCUT2D eigenvalue weighted by molar-refractivity contribution is 0.657. The first-order chi connectivity index (χ1) is 6.86. The van der Waals surface area contributed by atoms with E-state index >= 15 is 0 Å². The van der Waals surface area contributed by atoms with Crippen LogP contribution in [0.1, 0.15) is 10.4 Å². The average Bonchev–Trinajstić information content (AvgIpc) is 2.57. The topological polar surface area (TPSA) is 63.8 Å². The van der Waals surface area contributed by atoms with Crippen molar-refractivity contribution in [3.8, 4) is 0 Å². The van der Waals surface area contributed by atoms with E-state index in [1.54, 1.807) is 11.3 Å². The zero-order valence-electron chi connectivity index (χ0n) is 8.40. The van der Waals surface area contributed by atoms with Crippen LogP contribution in [0.25, 0.3) is 10.2 Å². The molecule has 88 valence electrons. The molecule has 0 radical (unpaired) electrons. The second-order valence-electron chi connectivity index (χ2n) is 3.37. The fourth-order valence-corrected chi connectivity index (χ4v) is 3.05. The Bertz CT molecular complexity index is 499. The molecular formula is C9H12Cl2N4S. The van der Waals surface area contributed by atoms with Crippen molar-refractivity contribution in [3.63, 3.8) is 0 Å². The highest BCUT2D eigenvalue weighted by atomic mass is 35.5. The summed E-state index contributed by atoms with van der Waals surface area (Å²) in [5.74, 6) is 0.620. The minimum Gasteiger partial charge on any atom is -0.383 e. The highest BCUT2D eigenvalue weighted by Crippen LogP contribution is 2.34. The maximum Gasteiger partial charge on any atom is 0.135 e. The minimum atomic E-state index is 0. The van der Waals surface area contributed by atoms with E-state index in [1.165, 1.54) is 16.8 Å². The van der Waals surface area contributed by atoms with Crippen LogP contribution in [0.5, 0.6) is 0 Å². The van der Waals surface area contributed by atoms with Gasteiger partial charge in [0, 0.05) is 11.4 Å². The summed E-state index contributed by atoms with van der Waals surface area (Å²) in [6, 6.07) is 0. The highest BCUT2D eigenvalue weighted by Gasteiger charge is 2.18. The summed E-state index contributed by atoms with van der Waals surface area (Å²) in [4.78, 5) is 10.7. The molecule has 0 spiro atoms. The Balaban J connectivity index is 0.000000640. The van der Waals surface area contributed by atoms with Crippen LogP contribution in [0.2, 0.25) is 0 Å². The Hall–Kier alpha value is -0.620.